The quantitative estimate of drug-likeness (QED) is 0.454. The van der Waals surface area contributed by atoms with Crippen LogP contribution in [0.1, 0.15) is 15.9 Å². The molecule has 0 heterocycles. The maximum absolute atomic E-state index is 12.8. The zero-order chi connectivity index (χ0) is 19.0. The lowest BCUT2D eigenvalue weighted by Crippen LogP contribution is -2.12. The minimum atomic E-state index is -4.45. The van der Waals surface area contributed by atoms with Crippen molar-refractivity contribution in [1.29, 1.82) is 0 Å². The Kier molecular flexibility index (Phi) is 6.64. The van der Waals surface area contributed by atoms with Crippen molar-refractivity contribution in [2.45, 2.75) is 6.18 Å². The first-order valence-electron chi connectivity index (χ1n) is 7.63. The maximum atomic E-state index is 12.8. The van der Waals surface area contributed by atoms with Gasteiger partial charge in [-0.1, -0.05) is 24.1 Å². The summed E-state index contributed by atoms with van der Waals surface area (Å²) in [6.07, 6.45) is 0.581. The molecule has 2 aromatic rings. The van der Waals surface area contributed by atoms with Crippen LogP contribution in [0, 0.1) is 12.3 Å². The van der Waals surface area contributed by atoms with Crippen molar-refractivity contribution in [3.8, 4) is 12.3 Å². The molecule has 0 spiro atoms. The van der Waals surface area contributed by atoms with E-state index in [1.807, 2.05) is 0 Å². The van der Waals surface area contributed by atoms with E-state index in [-0.39, 0.29) is 31.1 Å². The van der Waals surface area contributed by atoms with E-state index in [1.54, 1.807) is 18.2 Å². The Bertz CT molecular complexity index is 797. The van der Waals surface area contributed by atoms with Crippen molar-refractivity contribution in [3.05, 3.63) is 59.7 Å². The molecule has 2 aromatic carbocycles. The number of alkyl halides is 3. The number of rotatable bonds is 7. The van der Waals surface area contributed by atoms with Gasteiger partial charge in [-0.2, -0.15) is 13.2 Å². The van der Waals surface area contributed by atoms with Crippen LogP contribution in [0.15, 0.2) is 48.5 Å². The molecule has 0 aromatic heterocycles. The number of hydrogen-bond donors (Lipinski definition) is 1. The molecule has 0 saturated carbocycles. The van der Waals surface area contributed by atoms with E-state index < -0.39 is 17.7 Å². The van der Waals surface area contributed by atoms with Gasteiger partial charge >= 0.3 is 12.1 Å². The van der Waals surface area contributed by atoms with Crippen LogP contribution in [0.5, 0.6) is 0 Å². The second-order valence-electron chi connectivity index (χ2n) is 5.14. The van der Waals surface area contributed by atoms with Crippen LogP contribution in [0.25, 0.3) is 0 Å². The third kappa shape index (κ3) is 5.53. The molecule has 0 aliphatic rings. The van der Waals surface area contributed by atoms with Crippen molar-refractivity contribution >= 4 is 17.3 Å². The van der Waals surface area contributed by atoms with Crippen LogP contribution < -0.4 is 5.32 Å². The van der Waals surface area contributed by atoms with Crippen LogP contribution >= 0.6 is 0 Å². The van der Waals surface area contributed by atoms with Crippen molar-refractivity contribution in [3.63, 3.8) is 0 Å². The van der Waals surface area contributed by atoms with E-state index in [0.717, 1.165) is 12.1 Å². The minimum absolute atomic E-state index is 0.0123. The molecule has 1 N–H and O–H groups in total. The molecule has 7 heteroatoms. The molecule has 0 atom stereocenters. The molecule has 0 radical (unpaired) electrons. The van der Waals surface area contributed by atoms with Crippen LogP contribution in [-0.4, -0.2) is 25.8 Å². The normalized spacial score (nSPS) is 10.8. The SMILES string of the molecule is C#CCOCCOC(=O)c1ccccc1Nc1cccc(C(F)(F)F)c1. The summed E-state index contributed by atoms with van der Waals surface area (Å²) in [6.45, 7) is 0.281. The largest absolute Gasteiger partial charge is 0.460 e. The summed E-state index contributed by atoms with van der Waals surface area (Å²) in [7, 11) is 0. The lowest BCUT2D eigenvalue weighted by molar-refractivity contribution is -0.137. The van der Waals surface area contributed by atoms with Crippen molar-refractivity contribution in [2.75, 3.05) is 25.1 Å². The van der Waals surface area contributed by atoms with Gasteiger partial charge in [0.2, 0.25) is 0 Å². The number of carbonyl (C=O) groups is 1. The first-order valence-corrected chi connectivity index (χ1v) is 7.63. The molecule has 2 rings (SSSR count). The van der Waals surface area contributed by atoms with Gasteiger partial charge in [-0.15, -0.1) is 6.42 Å². The van der Waals surface area contributed by atoms with Crippen molar-refractivity contribution in [1.82, 2.24) is 0 Å². The van der Waals surface area contributed by atoms with Crippen molar-refractivity contribution in [2.24, 2.45) is 0 Å². The summed E-state index contributed by atoms with van der Waals surface area (Å²) in [5.74, 6) is 1.67. The molecular formula is C19H16F3NO3. The number of carbonyl (C=O) groups excluding carboxylic acids is 1. The van der Waals surface area contributed by atoms with E-state index in [1.165, 1.54) is 18.2 Å². The molecule has 0 amide bonds. The highest BCUT2D eigenvalue weighted by Crippen LogP contribution is 2.31. The van der Waals surface area contributed by atoms with Crippen LogP contribution in [0.2, 0.25) is 0 Å². The topological polar surface area (TPSA) is 47.6 Å². The molecular weight excluding hydrogens is 347 g/mol. The highest BCUT2D eigenvalue weighted by Gasteiger charge is 2.30. The fraction of sp³-hybridized carbons (Fsp3) is 0.211. The van der Waals surface area contributed by atoms with Gasteiger partial charge in [-0.3, -0.25) is 0 Å². The van der Waals surface area contributed by atoms with Crippen molar-refractivity contribution < 1.29 is 27.4 Å². The number of para-hydroxylation sites is 1. The molecule has 136 valence electrons. The number of esters is 1. The smallest absolute Gasteiger partial charge is 0.416 e. The summed E-state index contributed by atoms with van der Waals surface area (Å²) >= 11 is 0. The van der Waals surface area contributed by atoms with Gasteiger partial charge in [0.25, 0.3) is 0 Å². The number of hydrogen-bond acceptors (Lipinski definition) is 4. The highest BCUT2D eigenvalue weighted by atomic mass is 19.4. The second kappa shape index (κ2) is 8.92. The molecule has 0 aliphatic heterocycles. The predicted molar refractivity (Wildman–Crippen MR) is 91.1 cm³/mol. The Morgan fingerprint density at radius 2 is 1.88 bits per heavy atom. The summed E-state index contributed by atoms with van der Waals surface area (Å²) in [5, 5.41) is 2.82. The zero-order valence-electron chi connectivity index (χ0n) is 13.7. The monoisotopic (exact) mass is 363 g/mol. The molecule has 0 unspecified atom stereocenters. The fourth-order valence-corrected chi connectivity index (χ4v) is 2.10. The van der Waals surface area contributed by atoms with E-state index in [9.17, 15) is 18.0 Å². The van der Waals surface area contributed by atoms with Crippen LogP contribution in [0.3, 0.4) is 0 Å². The summed E-state index contributed by atoms with van der Waals surface area (Å²) in [4.78, 5) is 12.2. The second-order valence-corrected chi connectivity index (χ2v) is 5.14. The van der Waals surface area contributed by atoms with Gasteiger partial charge in [0.1, 0.15) is 13.2 Å². The number of benzene rings is 2. The standard InChI is InChI=1S/C19H16F3NO3/c1-2-10-25-11-12-26-18(24)16-8-3-4-9-17(16)23-15-7-5-6-14(13-15)19(20,21)22/h1,3-9,13,23H,10-12H2. The summed E-state index contributed by atoms with van der Waals surface area (Å²) in [6, 6.07) is 11.1. The van der Waals surface area contributed by atoms with Gasteiger partial charge < -0.3 is 14.8 Å². The average molecular weight is 363 g/mol. The lowest BCUT2D eigenvalue weighted by Gasteiger charge is -2.13. The van der Waals surface area contributed by atoms with Crippen LogP contribution in [-0.2, 0) is 15.7 Å². The van der Waals surface area contributed by atoms with Gasteiger partial charge in [-0.25, -0.2) is 4.79 Å². The summed E-state index contributed by atoms with van der Waals surface area (Å²) in [5.41, 5.74) is -0.0473. The minimum Gasteiger partial charge on any atom is -0.460 e. The van der Waals surface area contributed by atoms with E-state index in [0.29, 0.717) is 5.69 Å². The molecule has 0 bridgehead atoms. The third-order valence-electron chi connectivity index (χ3n) is 3.26. The van der Waals surface area contributed by atoms with Gasteiger partial charge in [-0.05, 0) is 30.3 Å². The first kappa shape index (κ1) is 19.3. The number of anilines is 2. The molecule has 0 saturated heterocycles. The number of halogens is 3. The molecule has 0 aliphatic carbocycles. The Morgan fingerprint density at radius 3 is 2.62 bits per heavy atom. The summed E-state index contributed by atoms with van der Waals surface area (Å²) < 4.78 is 48.5. The Balaban J connectivity index is 2.09. The molecule has 26 heavy (non-hydrogen) atoms. The third-order valence-corrected chi connectivity index (χ3v) is 3.26. The maximum Gasteiger partial charge on any atom is 0.416 e. The van der Waals surface area contributed by atoms with Gasteiger partial charge in [0.05, 0.1) is 23.4 Å². The van der Waals surface area contributed by atoms with E-state index in [4.69, 9.17) is 15.9 Å². The zero-order valence-corrected chi connectivity index (χ0v) is 13.7. The number of ether oxygens (including phenoxy) is 2. The van der Waals surface area contributed by atoms with E-state index in [2.05, 4.69) is 11.2 Å². The average Bonchev–Trinajstić information content (AvgIpc) is 2.61. The lowest BCUT2D eigenvalue weighted by atomic mass is 10.1. The Labute approximate surface area is 148 Å². The fourth-order valence-electron chi connectivity index (χ4n) is 2.10. The van der Waals surface area contributed by atoms with Crippen LogP contribution in [0.4, 0.5) is 24.5 Å². The highest BCUT2D eigenvalue weighted by molar-refractivity contribution is 5.96. The first-order chi connectivity index (χ1) is 12.4. The van der Waals surface area contributed by atoms with E-state index >= 15 is 0 Å². The number of nitrogens with one attached hydrogen (secondary N) is 1. The Hall–Kier alpha value is -2.98. The predicted octanol–water partition coefficient (Wildman–Crippen LogP) is 4.26. The molecule has 0 fully saturated rings. The van der Waals surface area contributed by atoms with Gasteiger partial charge in [0.15, 0.2) is 0 Å². The molecule has 4 nitrogen and oxygen atoms in total. The Morgan fingerprint density at radius 1 is 1.12 bits per heavy atom. The van der Waals surface area contributed by atoms with Gasteiger partial charge in [0, 0.05) is 5.69 Å². The number of terminal acetylenes is 1.